The first-order valence-corrected chi connectivity index (χ1v) is 8.28. The van der Waals surface area contributed by atoms with E-state index in [1.165, 1.54) is 0 Å². The molecule has 0 bridgehead atoms. The van der Waals surface area contributed by atoms with Gasteiger partial charge < -0.3 is 10.6 Å². The molecule has 0 spiro atoms. The maximum Gasteiger partial charge on any atom is 0.240 e. The number of hydrogen-bond acceptors (Lipinski definition) is 2. The summed E-state index contributed by atoms with van der Waals surface area (Å²) >= 11 is 5.92. The van der Waals surface area contributed by atoms with Gasteiger partial charge in [0.05, 0.1) is 0 Å². The number of carbonyl (C=O) groups excluding carboxylic acids is 2. The van der Waals surface area contributed by atoms with Crippen LogP contribution in [0, 0.1) is 12.3 Å². The molecule has 0 unspecified atom stereocenters. The van der Waals surface area contributed by atoms with E-state index in [9.17, 15) is 9.59 Å². The topological polar surface area (TPSA) is 58.2 Å². The first kappa shape index (κ1) is 15.3. The standard InChI is InChI=1S/C17H21ClN2O2/c1-11-10-12(18)6-7-14(11)20-16(22)17(8-9-17)15(21)19-13-4-2-3-5-13/h6-7,10,13H,2-5,8-9H2,1H3,(H,19,21)(H,20,22). The molecule has 1 aromatic carbocycles. The SMILES string of the molecule is Cc1cc(Cl)ccc1NC(=O)C1(C(=O)NC2CCCC2)CC1. The lowest BCUT2D eigenvalue weighted by atomic mass is 10.0. The molecule has 2 saturated carbocycles. The predicted molar refractivity (Wildman–Crippen MR) is 86.9 cm³/mol. The Bertz CT molecular complexity index is 605. The summed E-state index contributed by atoms with van der Waals surface area (Å²) in [4.78, 5) is 25.0. The van der Waals surface area contributed by atoms with Crippen LogP contribution in [0.25, 0.3) is 0 Å². The highest BCUT2D eigenvalue weighted by atomic mass is 35.5. The van der Waals surface area contributed by atoms with Gasteiger partial charge in [-0.25, -0.2) is 0 Å². The number of rotatable bonds is 4. The van der Waals surface area contributed by atoms with Crippen LogP contribution in [0.4, 0.5) is 5.69 Å². The minimum atomic E-state index is -0.866. The maximum atomic E-state index is 12.5. The van der Waals surface area contributed by atoms with Crippen LogP contribution in [0.3, 0.4) is 0 Å². The number of halogens is 1. The molecule has 1 aromatic rings. The Morgan fingerprint density at radius 1 is 1.18 bits per heavy atom. The van der Waals surface area contributed by atoms with Gasteiger partial charge in [-0.1, -0.05) is 24.4 Å². The molecule has 5 heteroatoms. The smallest absolute Gasteiger partial charge is 0.240 e. The van der Waals surface area contributed by atoms with Gasteiger partial charge in [0.1, 0.15) is 5.41 Å². The molecule has 3 rings (SSSR count). The van der Waals surface area contributed by atoms with Crippen LogP contribution in [0.1, 0.15) is 44.1 Å². The molecular formula is C17H21ClN2O2. The van der Waals surface area contributed by atoms with Gasteiger partial charge in [0, 0.05) is 16.8 Å². The highest BCUT2D eigenvalue weighted by Gasteiger charge is 2.56. The molecule has 0 atom stereocenters. The van der Waals surface area contributed by atoms with Gasteiger partial charge in [-0.05, 0) is 56.4 Å². The lowest BCUT2D eigenvalue weighted by molar-refractivity contribution is -0.134. The van der Waals surface area contributed by atoms with E-state index in [2.05, 4.69) is 10.6 Å². The van der Waals surface area contributed by atoms with Crippen molar-refractivity contribution in [3.8, 4) is 0 Å². The summed E-state index contributed by atoms with van der Waals surface area (Å²) in [6, 6.07) is 5.56. The fourth-order valence-electron chi connectivity index (χ4n) is 3.09. The third-order valence-electron chi connectivity index (χ3n) is 4.75. The second kappa shape index (κ2) is 5.92. The third-order valence-corrected chi connectivity index (χ3v) is 4.98. The highest BCUT2D eigenvalue weighted by Crippen LogP contribution is 2.47. The van der Waals surface area contributed by atoms with Crippen molar-refractivity contribution in [3.63, 3.8) is 0 Å². The van der Waals surface area contributed by atoms with Crippen LogP contribution in [0.2, 0.25) is 5.02 Å². The Kier molecular flexibility index (Phi) is 4.13. The fourth-order valence-corrected chi connectivity index (χ4v) is 3.31. The van der Waals surface area contributed by atoms with E-state index in [1.54, 1.807) is 18.2 Å². The molecule has 4 nitrogen and oxygen atoms in total. The van der Waals surface area contributed by atoms with E-state index in [0.29, 0.717) is 23.6 Å². The number of hydrogen-bond donors (Lipinski definition) is 2. The first-order valence-electron chi connectivity index (χ1n) is 7.90. The molecule has 2 aliphatic rings. The van der Waals surface area contributed by atoms with Crippen LogP contribution in [0.5, 0.6) is 0 Å². The summed E-state index contributed by atoms with van der Waals surface area (Å²) < 4.78 is 0. The van der Waals surface area contributed by atoms with E-state index in [0.717, 1.165) is 31.2 Å². The lowest BCUT2D eigenvalue weighted by Gasteiger charge is -2.19. The van der Waals surface area contributed by atoms with Crippen LogP contribution >= 0.6 is 11.6 Å². The Morgan fingerprint density at radius 3 is 2.45 bits per heavy atom. The number of anilines is 1. The van der Waals surface area contributed by atoms with Gasteiger partial charge >= 0.3 is 0 Å². The summed E-state index contributed by atoms with van der Waals surface area (Å²) in [5.41, 5.74) is 0.747. The largest absolute Gasteiger partial charge is 0.352 e. The number of benzene rings is 1. The van der Waals surface area contributed by atoms with Crippen molar-refractivity contribution in [1.82, 2.24) is 5.32 Å². The van der Waals surface area contributed by atoms with Crippen molar-refractivity contribution in [3.05, 3.63) is 28.8 Å². The summed E-state index contributed by atoms with van der Waals surface area (Å²) in [6.07, 6.45) is 5.63. The highest BCUT2D eigenvalue weighted by molar-refractivity contribution is 6.30. The molecule has 2 fully saturated rings. The lowest BCUT2D eigenvalue weighted by Crippen LogP contribution is -2.43. The third kappa shape index (κ3) is 2.98. The molecule has 0 heterocycles. The van der Waals surface area contributed by atoms with E-state index in [1.807, 2.05) is 6.92 Å². The van der Waals surface area contributed by atoms with Crippen LogP contribution in [-0.2, 0) is 9.59 Å². The van der Waals surface area contributed by atoms with E-state index < -0.39 is 5.41 Å². The van der Waals surface area contributed by atoms with Crippen molar-refractivity contribution < 1.29 is 9.59 Å². The van der Waals surface area contributed by atoms with E-state index in [4.69, 9.17) is 11.6 Å². The zero-order chi connectivity index (χ0) is 15.7. The molecule has 0 radical (unpaired) electrons. The summed E-state index contributed by atoms with van der Waals surface area (Å²) in [7, 11) is 0. The van der Waals surface area contributed by atoms with Crippen molar-refractivity contribution in [1.29, 1.82) is 0 Å². The van der Waals surface area contributed by atoms with Crippen LogP contribution < -0.4 is 10.6 Å². The van der Waals surface area contributed by atoms with Gasteiger partial charge in [0.2, 0.25) is 11.8 Å². The number of nitrogens with one attached hydrogen (secondary N) is 2. The van der Waals surface area contributed by atoms with Crippen molar-refractivity contribution in [2.75, 3.05) is 5.32 Å². The molecule has 0 saturated heterocycles. The summed E-state index contributed by atoms with van der Waals surface area (Å²) in [6.45, 7) is 1.89. The molecular weight excluding hydrogens is 300 g/mol. The normalized spacial score (nSPS) is 19.7. The van der Waals surface area contributed by atoms with Gasteiger partial charge in [-0.3, -0.25) is 9.59 Å². The van der Waals surface area contributed by atoms with Crippen molar-refractivity contribution in [2.24, 2.45) is 5.41 Å². The first-order chi connectivity index (χ1) is 10.5. The average molecular weight is 321 g/mol. The number of carbonyl (C=O) groups is 2. The monoisotopic (exact) mass is 320 g/mol. The average Bonchev–Trinajstić information content (AvgIpc) is 3.15. The minimum absolute atomic E-state index is 0.108. The summed E-state index contributed by atoms with van der Waals surface area (Å²) in [5.74, 6) is -0.308. The Hall–Kier alpha value is -1.55. The zero-order valence-electron chi connectivity index (χ0n) is 12.7. The zero-order valence-corrected chi connectivity index (χ0v) is 13.5. The number of amides is 2. The summed E-state index contributed by atoms with van der Waals surface area (Å²) in [5, 5.41) is 6.57. The number of aryl methyl sites for hydroxylation is 1. The van der Waals surface area contributed by atoms with Gasteiger partial charge in [0.25, 0.3) is 0 Å². The van der Waals surface area contributed by atoms with E-state index in [-0.39, 0.29) is 17.9 Å². The van der Waals surface area contributed by atoms with E-state index >= 15 is 0 Å². The maximum absolute atomic E-state index is 12.5. The molecule has 2 amide bonds. The molecule has 2 aliphatic carbocycles. The fraction of sp³-hybridized carbons (Fsp3) is 0.529. The molecule has 22 heavy (non-hydrogen) atoms. The predicted octanol–water partition coefficient (Wildman–Crippen LogP) is 3.43. The van der Waals surface area contributed by atoms with Gasteiger partial charge in [0.15, 0.2) is 0 Å². The Morgan fingerprint density at radius 2 is 1.86 bits per heavy atom. The van der Waals surface area contributed by atoms with Crippen LogP contribution in [-0.4, -0.2) is 17.9 Å². The quantitative estimate of drug-likeness (QED) is 0.835. The molecule has 2 N–H and O–H groups in total. The van der Waals surface area contributed by atoms with Crippen molar-refractivity contribution in [2.45, 2.75) is 51.5 Å². The van der Waals surface area contributed by atoms with Crippen LogP contribution in [0.15, 0.2) is 18.2 Å². The molecule has 118 valence electrons. The molecule has 0 aromatic heterocycles. The van der Waals surface area contributed by atoms with Gasteiger partial charge in [-0.2, -0.15) is 0 Å². The van der Waals surface area contributed by atoms with Crippen molar-refractivity contribution >= 4 is 29.1 Å². The second-order valence-electron chi connectivity index (χ2n) is 6.45. The Balaban J connectivity index is 1.66. The molecule has 0 aliphatic heterocycles. The second-order valence-corrected chi connectivity index (χ2v) is 6.89. The minimum Gasteiger partial charge on any atom is -0.352 e. The Labute approximate surface area is 135 Å². The van der Waals surface area contributed by atoms with Gasteiger partial charge in [-0.15, -0.1) is 0 Å².